The first-order valence-electron chi connectivity index (χ1n) is 6.60. The molecule has 4 heteroatoms. The molecule has 0 bridgehead atoms. The van der Waals surface area contributed by atoms with Crippen molar-refractivity contribution in [1.29, 1.82) is 0 Å². The summed E-state index contributed by atoms with van der Waals surface area (Å²) in [5.41, 5.74) is 1.28. The first kappa shape index (κ1) is 12.1. The Morgan fingerprint density at radius 2 is 2.22 bits per heavy atom. The molecule has 1 amide bonds. The van der Waals surface area contributed by atoms with Crippen LogP contribution in [-0.4, -0.2) is 24.2 Å². The molecule has 0 aromatic heterocycles. The molecule has 2 N–H and O–H groups in total. The molecule has 0 aliphatic carbocycles. The van der Waals surface area contributed by atoms with Crippen molar-refractivity contribution in [3.63, 3.8) is 0 Å². The van der Waals surface area contributed by atoms with Gasteiger partial charge in [-0.3, -0.25) is 4.79 Å². The molecule has 1 saturated heterocycles. The number of thioether (sulfide) groups is 1. The third kappa shape index (κ3) is 2.40. The van der Waals surface area contributed by atoms with Crippen LogP contribution in [0.1, 0.15) is 30.9 Å². The normalized spacial score (nSPS) is 26.7. The van der Waals surface area contributed by atoms with Crippen molar-refractivity contribution >= 4 is 17.7 Å². The average Bonchev–Trinajstić information content (AvgIpc) is 2.93. The molecule has 2 heterocycles. The summed E-state index contributed by atoms with van der Waals surface area (Å²) in [5.74, 6) is 1.25. The quantitative estimate of drug-likeness (QED) is 0.857. The fourth-order valence-corrected chi connectivity index (χ4v) is 3.80. The Morgan fingerprint density at radius 3 is 3.06 bits per heavy atom. The zero-order valence-corrected chi connectivity index (χ0v) is 11.1. The standard InChI is InChI=1S/C14H18N2OS/c17-14(12-5-3-8-15-12)16-11-7-9-18-13-6-2-1-4-10(11)13/h1-2,4,6,11-12,15H,3,5,7-9H2,(H,16,17)/t11?,12-/m0/s1. The summed E-state index contributed by atoms with van der Waals surface area (Å²) < 4.78 is 0. The highest BCUT2D eigenvalue weighted by molar-refractivity contribution is 7.99. The molecule has 3 nitrogen and oxygen atoms in total. The smallest absolute Gasteiger partial charge is 0.237 e. The van der Waals surface area contributed by atoms with E-state index in [1.165, 1.54) is 10.5 Å². The molecule has 1 aromatic rings. The third-order valence-corrected chi connectivity index (χ3v) is 4.77. The third-order valence-electron chi connectivity index (χ3n) is 3.65. The number of rotatable bonds is 2. The van der Waals surface area contributed by atoms with Gasteiger partial charge in [0.15, 0.2) is 0 Å². The van der Waals surface area contributed by atoms with Gasteiger partial charge in [0.05, 0.1) is 12.1 Å². The van der Waals surface area contributed by atoms with Gasteiger partial charge in [0, 0.05) is 10.6 Å². The molecule has 3 rings (SSSR count). The van der Waals surface area contributed by atoms with Gasteiger partial charge in [-0.05, 0) is 37.4 Å². The highest BCUT2D eigenvalue weighted by Gasteiger charge is 2.27. The molecule has 96 valence electrons. The number of nitrogens with one attached hydrogen (secondary N) is 2. The van der Waals surface area contributed by atoms with E-state index in [-0.39, 0.29) is 18.0 Å². The van der Waals surface area contributed by atoms with Crippen LogP contribution in [0.4, 0.5) is 0 Å². The number of amides is 1. The molecule has 2 atom stereocenters. The molecule has 0 radical (unpaired) electrons. The lowest BCUT2D eigenvalue weighted by Crippen LogP contribution is -2.42. The predicted octanol–water partition coefficient (Wildman–Crippen LogP) is 2.09. The van der Waals surface area contributed by atoms with Crippen LogP contribution in [0.5, 0.6) is 0 Å². The van der Waals surface area contributed by atoms with Crippen molar-refractivity contribution in [3.8, 4) is 0 Å². The van der Waals surface area contributed by atoms with E-state index in [1.54, 1.807) is 0 Å². The van der Waals surface area contributed by atoms with E-state index >= 15 is 0 Å². The van der Waals surface area contributed by atoms with Crippen LogP contribution < -0.4 is 10.6 Å². The first-order valence-corrected chi connectivity index (χ1v) is 7.58. The Labute approximate surface area is 112 Å². The molecule has 18 heavy (non-hydrogen) atoms. The Hall–Kier alpha value is -1.00. The van der Waals surface area contributed by atoms with Gasteiger partial charge in [0.25, 0.3) is 0 Å². The summed E-state index contributed by atoms with van der Waals surface area (Å²) in [6.07, 6.45) is 3.10. The predicted molar refractivity (Wildman–Crippen MR) is 73.7 cm³/mol. The second kappa shape index (κ2) is 5.33. The van der Waals surface area contributed by atoms with Gasteiger partial charge in [-0.2, -0.15) is 0 Å². The van der Waals surface area contributed by atoms with Crippen LogP contribution in [0, 0.1) is 0 Å². The van der Waals surface area contributed by atoms with Gasteiger partial charge >= 0.3 is 0 Å². The number of hydrogen-bond acceptors (Lipinski definition) is 3. The van der Waals surface area contributed by atoms with Gasteiger partial charge in [-0.15, -0.1) is 11.8 Å². The molecule has 2 aliphatic heterocycles. The van der Waals surface area contributed by atoms with Crippen LogP contribution in [-0.2, 0) is 4.79 Å². The molecular formula is C14H18N2OS. The van der Waals surface area contributed by atoms with Crippen molar-refractivity contribution in [2.75, 3.05) is 12.3 Å². The molecule has 1 aromatic carbocycles. The van der Waals surface area contributed by atoms with Crippen LogP contribution in [0.2, 0.25) is 0 Å². The molecular weight excluding hydrogens is 244 g/mol. The minimum absolute atomic E-state index is 0.0201. The number of hydrogen-bond donors (Lipinski definition) is 2. The van der Waals surface area contributed by atoms with Crippen LogP contribution in [0.25, 0.3) is 0 Å². The molecule has 0 spiro atoms. The van der Waals surface area contributed by atoms with Crippen molar-refractivity contribution in [3.05, 3.63) is 29.8 Å². The highest BCUT2D eigenvalue weighted by Crippen LogP contribution is 2.35. The van der Waals surface area contributed by atoms with Crippen LogP contribution >= 0.6 is 11.8 Å². The monoisotopic (exact) mass is 262 g/mol. The highest BCUT2D eigenvalue weighted by atomic mass is 32.2. The lowest BCUT2D eigenvalue weighted by atomic mass is 10.0. The number of fused-ring (bicyclic) bond motifs is 1. The number of carbonyl (C=O) groups excluding carboxylic acids is 1. The van der Waals surface area contributed by atoms with Gasteiger partial charge in [0.2, 0.25) is 5.91 Å². The van der Waals surface area contributed by atoms with Crippen LogP contribution in [0.15, 0.2) is 29.2 Å². The van der Waals surface area contributed by atoms with E-state index in [0.717, 1.165) is 31.6 Å². The zero-order chi connectivity index (χ0) is 12.4. The summed E-state index contributed by atoms with van der Waals surface area (Å²) in [7, 11) is 0. The van der Waals surface area contributed by atoms with Crippen molar-refractivity contribution in [2.24, 2.45) is 0 Å². The average molecular weight is 262 g/mol. The first-order chi connectivity index (χ1) is 8.84. The van der Waals surface area contributed by atoms with E-state index in [2.05, 4.69) is 34.9 Å². The van der Waals surface area contributed by atoms with Gasteiger partial charge in [-0.25, -0.2) is 0 Å². The van der Waals surface area contributed by atoms with E-state index in [9.17, 15) is 4.79 Å². The fourth-order valence-electron chi connectivity index (χ4n) is 2.67. The molecule has 1 fully saturated rings. The molecule has 0 saturated carbocycles. The summed E-state index contributed by atoms with van der Waals surface area (Å²) in [4.78, 5) is 13.5. The Balaban J connectivity index is 1.72. The second-order valence-corrected chi connectivity index (χ2v) is 6.02. The number of carbonyl (C=O) groups is 1. The SMILES string of the molecule is O=C(NC1CCSc2ccccc21)[C@@H]1CCCN1. The topological polar surface area (TPSA) is 41.1 Å². The van der Waals surface area contributed by atoms with E-state index in [4.69, 9.17) is 0 Å². The lowest BCUT2D eigenvalue weighted by Gasteiger charge is -2.27. The van der Waals surface area contributed by atoms with Crippen molar-refractivity contribution in [1.82, 2.24) is 10.6 Å². The number of benzene rings is 1. The van der Waals surface area contributed by atoms with E-state index in [1.807, 2.05) is 11.8 Å². The van der Waals surface area contributed by atoms with Gasteiger partial charge < -0.3 is 10.6 Å². The Morgan fingerprint density at radius 1 is 1.33 bits per heavy atom. The fraction of sp³-hybridized carbons (Fsp3) is 0.500. The maximum Gasteiger partial charge on any atom is 0.237 e. The van der Waals surface area contributed by atoms with Crippen molar-refractivity contribution in [2.45, 2.75) is 36.2 Å². The maximum atomic E-state index is 12.1. The minimum Gasteiger partial charge on any atom is -0.348 e. The Bertz CT molecular complexity index is 443. The van der Waals surface area contributed by atoms with E-state index in [0.29, 0.717) is 0 Å². The lowest BCUT2D eigenvalue weighted by molar-refractivity contribution is -0.123. The molecule has 1 unspecified atom stereocenters. The summed E-state index contributed by atoms with van der Waals surface area (Å²) >= 11 is 1.88. The second-order valence-electron chi connectivity index (χ2n) is 4.89. The molecule has 2 aliphatic rings. The summed E-state index contributed by atoms with van der Waals surface area (Å²) in [6.45, 7) is 0.967. The summed E-state index contributed by atoms with van der Waals surface area (Å²) in [6, 6.07) is 8.61. The Kier molecular flexibility index (Phi) is 3.57. The largest absolute Gasteiger partial charge is 0.348 e. The van der Waals surface area contributed by atoms with E-state index < -0.39 is 0 Å². The van der Waals surface area contributed by atoms with Gasteiger partial charge in [-0.1, -0.05) is 18.2 Å². The van der Waals surface area contributed by atoms with Gasteiger partial charge in [0.1, 0.15) is 0 Å². The zero-order valence-electron chi connectivity index (χ0n) is 10.3. The van der Waals surface area contributed by atoms with Crippen LogP contribution in [0.3, 0.4) is 0 Å². The maximum absolute atomic E-state index is 12.1. The minimum atomic E-state index is 0.0201. The van der Waals surface area contributed by atoms with Crippen molar-refractivity contribution < 1.29 is 4.79 Å². The summed E-state index contributed by atoms with van der Waals surface area (Å²) in [5, 5.41) is 6.45.